The van der Waals surface area contributed by atoms with Gasteiger partial charge in [-0.25, -0.2) is 0 Å². The van der Waals surface area contributed by atoms with Crippen LogP contribution in [0.15, 0.2) is 24.5 Å². The van der Waals surface area contributed by atoms with Gasteiger partial charge in [0, 0.05) is 49.8 Å². The van der Waals surface area contributed by atoms with Gasteiger partial charge < -0.3 is 10.2 Å². The number of hydrogen-bond acceptors (Lipinski definition) is 3. The molecule has 0 aromatic carbocycles. The molecule has 5 nitrogen and oxygen atoms in total. The minimum Gasteiger partial charge on any atom is -0.352 e. The predicted molar refractivity (Wildman–Crippen MR) is 78.1 cm³/mol. The van der Waals surface area contributed by atoms with E-state index in [-0.39, 0.29) is 23.1 Å². The fourth-order valence-electron chi connectivity index (χ4n) is 3.32. The molecule has 0 unspecified atom stereocenters. The maximum atomic E-state index is 12.3. The average Bonchev–Trinajstić information content (AvgIpc) is 3.05. The van der Waals surface area contributed by atoms with Crippen LogP contribution >= 0.6 is 0 Å². The first-order valence-electron chi connectivity index (χ1n) is 7.59. The van der Waals surface area contributed by atoms with Gasteiger partial charge in [-0.05, 0) is 24.5 Å². The summed E-state index contributed by atoms with van der Waals surface area (Å²) in [7, 11) is 0. The zero-order valence-electron chi connectivity index (χ0n) is 12.3. The summed E-state index contributed by atoms with van der Waals surface area (Å²) in [6, 6.07) is 3.82. The molecule has 3 rings (SSSR count). The van der Waals surface area contributed by atoms with Gasteiger partial charge in [0.05, 0.1) is 0 Å². The molecule has 1 spiro atoms. The molecule has 2 heterocycles. The first-order valence-corrected chi connectivity index (χ1v) is 7.59. The Bertz CT molecular complexity index is 546. The summed E-state index contributed by atoms with van der Waals surface area (Å²) in [5, 5.41) is 2.99. The highest BCUT2D eigenvalue weighted by Crippen LogP contribution is 2.58. The first kappa shape index (κ1) is 14.0. The Morgan fingerprint density at radius 1 is 1.52 bits per heavy atom. The van der Waals surface area contributed by atoms with Gasteiger partial charge in [0.2, 0.25) is 11.8 Å². The second-order valence-electron chi connectivity index (χ2n) is 6.12. The molecule has 1 aliphatic carbocycles. The van der Waals surface area contributed by atoms with Gasteiger partial charge in [-0.15, -0.1) is 0 Å². The number of rotatable bonds is 4. The number of pyridine rings is 1. The van der Waals surface area contributed by atoms with Crippen LogP contribution in [0.4, 0.5) is 0 Å². The van der Waals surface area contributed by atoms with Crippen LogP contribution in [0.5, 0.6) is 0 Å². The van der Waals surface area contributed by atoms with Crippen molar-refractivity contribution >= 4 is 11.8 Å². The highest BCUT2D eigenvalue weighted by atomic mass is 16.2. The number of likely N-dealkylation sites (tertiary alicyclic amines) is 1. The molecule has 1 saturated heterocycles. The molecular weight excluding hydrogens is 266 g/mol. The van der Waals surface area contributed by atoms with Crippen LogP contribution in [-0.2, 0) is 16.1 Å². The lowest BCUT2D eigenvalue weighted by molar-refractivity contribution is -0.130. The molecule has 2 atom stereocenters. The van der Waals surface area contributed by atoms with E-state index < -0.39 is 0 Å². The number of aromatic nitrogens is 1. The maximum absolute atomic E-state index is 12.3. The molecule has 21 heavy (non-hydrogen) atoms. The molecule has 5 heteroatoms. The third-order valence-corrected chi connectivity index (χ3v) is 4.74. The third-order valence-electron chi connectivity index (χ3n) is 4.74. The Labute approximate surface area is 124 Å². The van der Waals surface area contributed by atoms with Gasteiger partial charge in [0.15, 0.2) is 0 Å². The highest BCUT2D eigenvalue weighted by molar-refractivity contribution is 5.83. The van der Waals surface area contributed by atoms with E-state index in [1.807, 2.05) is 24.0 Å². The molecule has 1 N–H and O–H groups in total. The summed E-state index contributed by atoms with van der Waals surface area (Å²) >= 11 is 0. The van der Waals surface area contributed by atoms with Crippen molar-refractivity contribution in [1.82, 2.24) is 15.2 Å². The summed E-state index contributed by atoms with van der Waals surface area (Å²) in [4.78, 5) is 29.9. The number of nitrogens with zero attached hydrogens (tertiary/aromatic N) is 2. The quantitative estimate of drug-likeness (QED) is 0.909. The lowest BCUT2D eigenvalue weighted by Crippen LogP contribution is -2.30. The molecule has 2 aliphatic rings. The predicted octanol–water partition coefficient (Wildman–Crippen LogP) is 1.35. The summed E-state index contributed by atoms with van der Waals surface area (Å²) in [6.45, 7) is 3.97. The number of nitrogens with one attached hydrogen (secondary N) is 1. The standard InChI is InChI=1S/C16H21N3O2/c1-2-14(20)19-7-5-16(11-19)8-13(16)15(21)18-10-12-4-3-6-17-9-12/h3-4,6,9,13H,2,5,7-8,10-11H2,1H3,(H,18,21)/t13-,16+/m0/s1. The van der Waals surface area contributed by atoms with Crippen LogP contribution in [0, 0.1) is 11.3 Å². The third kappa shape index (κ3) is 2.77. The number of amides is 2. The van der Waals surface area contributed by atoms with E-state index in [0.717, 1.165) is 31.5 Å². The van der Waals surface area contributed by atoms with Gasteiger partial charge >= 0.3 is 0 Å². The normalized spacial score (nSPS) is 26.9. The lowest BCUT2D eigenvalue weighted by atomic mass is 10.0. The van der Waals surface area contributed by atoms with Crippen LogP contribution in [0.3, 0.4) is 0 Å². The van der Waals surface area contributed by atoms with Crippen LogP contribution in [0.2, 0.25) is 0 Å². The van der Waals surface area contributed by atoms with E-state index in [4.69, 9.17) is 0 Å². The number of carbonyl (C=O) groups is 2. The minimum atomic E-state index is 0.0594. The van der Waals surface area contributed by atoms with Crippen molar-refractivity contribution in [3.8, 4) is 0 Å². The van der Waals surface area contributed by atoms with Crippen LogP contribution in [-0.4, -0.2) is 34.8 Å². The van der Waals surface area contributed by atoms with Crippen LogP contribution in [0.25, 0.3) is 0 Å². The van der Waals surface area contributed by atoms with Crippen molar-refractivity contribution < 1.29 is 9.59 Å². The fourth-order valence-corrected chi connectivity index (χ4v) is 3.32. The largest absolute Gasteiger partial charge is 0.352 e. The lowest BCUT2D eigenvalue weighted by Gasteiger charge is -2.15. The van der Waals surface area contributed by atoms with Crippen molar-refractivity contribution in [3.05, 3.63) is 30.1 Å². The summed E-state index contributed by atoms with van der Waals surface area (Å²) < 4.78 is 0. The Morgan fingerprint density at radius 2 is 2.38 bits per heavy atom. The Morgan fingerprint density at radius 3 is 3.10 bits per heavy atom. The first-order chi connectivity index (χ1) is 10.1. The average molecular weight is 287 g/mol. The van der Waals surface area contributed by atoms with E-state index in [0.29, 0.717) is 13.0 Å². The van der Waals surface area contributed by atoms with Gasteiger partial charge in [0.1, 0.15) is 0 Å². The monoisotopic (exact) mass is 287 g/mol. The van der Waals surface area contributed by atoms with E-state index in [1.165, 1.54) is 0 Å². The van der Waals surface area contributed by atoms with E-state index in [2.05, 4.69) is 10.3 Å². The molecule has 0 bridgehead atoms. The van der Waals surface area contributed by atoms with E-state index in [1.54, 1.807) is 12.4 Å². The maximum Gasteiger partial charge on any atom is 0.224 e. The summed E-state index contributed by atoms with van der Waals surface area (Å²) in [6.07, 6.45) is 5.91. The molecule has 1 saturated carbocycles. The topological polar surface area (TPSA) is 62.3 Å². The summed E-state index contributed by atoms with van der Waals surface area (Å²) in [5.74, 6) is 0.391. The Hall–Kier alpha value is -1.91. The second-order valence-corrected chi connectivity index (χ2v) is 6.12. The molecule has 2 fully saturated rings. The van der Waals surface area contributed by atoms with E-state index >= 15 is 0 Å². The molecule has 1 aromatic rings. The molecule has 1 aromatic heterocycles. The minimum absolute atomic E-state index is 0.0594. The summed E-state index contributed by atoms with van der Waals surface area (Å²) in [5.41, 5.74) is 1.07. The van der Waals surface area contributed by atoms with Gasteiger partial charge in [-0.1, -0.05) is 13.0 Å². The molecule has 112 valence electrons. The van der Waals surface area contributed by atoms with Gasteiger partial charge in [-0.3, -0.25) is 14.6 Å². The molecular formula is C16H21N3O2. The smallest absolute Gasteiger partial charge is 0.224 e. The van der Waals surface area contributed by atoms with Crippen molar-refractivity contribution in [2.24, 2.45) is 11.3 Å². The zero-order chi connectivity index (χ0) is 14.9. The van der Waals surface area contributed by atoms with Crippen molar-refractivity contribution in [2.45, 2.75) is 32.7 Å². The van der Waals surface area contributed by atoms with Crippen molar-refractivity contribution in [2.75, 3.05) is 13.1 Å². The van der Waals surface area contributed by atoms with Crippen molar-refractivity contribution in [3.63, 3.8) is 0 Å². The molecule has 0 radical (unpaired) electrons. The highest BCUT2D eigenvalue weighted by Gasteiger charge is 2.61. The zero-order valence-corrected chi connectivity index (χ0v) is 12.3. The second kappa shape index (κ2) is 5.47. The Kier molecular flexibility index (Phi) is 3.66. The van der Waals surface area contributed by atoms with Crippen LogP contribution in [0.1, 0.15) is 31.7 Å². The van der Waals surface area contributed by atoms with Crippen LogP contribution < -0.4 is 5.32 Å². The number of hydrogen-bond donors (Lipinski definition) is 1. The van der Waals surface area contributed by atoms with E-state index in [9.17, 15) is 9.59 Å². The SMILES string of the molecule is CCC(=O)N1CC[C@@]2(C[C@H]2C(=O)NCc2cccnc2)C1. The van der Waals surface area contributed by atoms with Crippen molar-refractivity contribution in [1.29, 1.82) is 0 Å². The molecule has 1 aliphatic heterocycles. The fraction of sp³-hybridized carbons (Fsp3) is 0.562. The molecule has 2 amide bonds. The van der Waals surface area contributed by atoms with Gasteiger partial charge in [-0.2, -0.15) is 0 Å². The Balaban J connectivity index is 1.51. The van der Waals surface area contributed by atoms with Gasteiger partial charge in [0.25, 0.3) is 0 Å². The number of carbonyl (C=O) groups excluding carboxylic acids is 2.